The maximum atomic E-state index is 11.5. The summed E-state index contributed by atoms with van der Waals surface area (Å²) in [7, 11) is -4.57. The van der Waals surface area contributed by atoms with Crippen LogP contribution in [0.4, 0.5) is 0 Å². The van der Waals surface area contributed by atoms with Crippen molar-refractivity contribution in [3.8, 4) is 5.75 Å². The number of aldehydes is 1. The van der Waals surface area contributed by atoms with E-state index in [-0.39, 0.29) is 12.0 Å². The second-order valence-electron chi connectivity index (χ2n) is 3.78. The third kappa shape index (κ3) is 3.79. The van der Waals surface area contributed by atoms with Crippen molar-refractivity contribution in [2.45, 2.75) is 26.2 Å². The molecule has 1 aromatic rings. The lowest BCUT2D eigenvalue weighted by molar-refractivity contribution is -0.125. The molecule has 5 nitrogen and oxygen atoms in total. The minimum atomic E-state index is -4.57. The third-order valence-corrected chi connectivity index (χ3v) is 3.48. The van der Waals surface area contributed by atoms with Crippen LogP contribution in [0.2, 0.25) is 0 Å². The summed E-state index contributed by atoms with van der Waals surface area (Å²) in [5.74, 6) is 0.173. The molecule has 0 saturated heterocycles. The molecule has 1 N–H and O–H groups in total. The lowest BCUT2D eigenvalue weighted by Gasteiger charge is -2.13. The highest BCUT2D eigenvalue weighted by molar-refractivity contribution is 7.73. The van der Waals surface area contributed by atoms with E-state index < -0.39 is 13.1 Å². The fourth-order valence-corrected chi connectivity index (χ4v) is 2.08. The zero-order valence-corrected chi connectivity index (χ0v) is 10.9. The molecule has 1 aromatic carbocycles. The van der Waals surface area contributed by atoms with Crippen LogP contribution >= 0.6 is 7.60 Å². The van der Waals surface area contributed by atoms with Gasteiger partial charge in [-0.25, -0.2) is 4.57 Å². The van der Waals surface area contributed by atoms with Crippen LogP contribution < -0.4 is 4.52 Å². The Morgan fingerprint density at radius 1 is 1.44 bits per heavy atom. The van der Waals surface area contributed by atoms with Gasteiger partial charge in [-0.15, -0.1) is 0 Å². The van der Waals surface area contributed by atoms with E-state index in [0.29, 0.717) is 6.42 Å². The average Bonchev–Trinajstić information content (AvgIpc) is 2.36. The largest absolute Gasteiger partial charge is 0.451 e. The van der Waals surface area contributed by atoms with Crippen LogP contribution in [0.3, 0.4) is 0 Å². The summed E-state index contributed by atoms with van der Waals surface area (Å²) < 4.78 is 16.3. The van der Waals surface area contributed by atoms with Crippen LogP contribution in [-0.2, 0) is 20.6 Å². The quantitative estimate of drug-likeness (QED) is 0.467. The highest BCUT2D eigenvalue weighted by atomic mass is 31.2. The smallest absolute Gasteiger partial charge is 0.419 e. The van der Waals surface area contributed by atoms with E-state index in [1.807, 2.05) is 6.92 Å². The molecule has 0 radical (unpaired) electrons. The Morgan fingerprint density at radius 2 is 2.11 bits per heavy atom. The van der Waals surface area contributed by atoms with Crippen LogP contribution in [0, 0.1) is 0 Å². The monoisotopic (exact) mass is 270 g/mol. The fourth-order valence-electron chi connectivity index (χ4n) is 1.41. The van der Waals surface area contributed by atoms with E-state index in [0.717, 1.165) is 18.4 Å². The predicted molar refractivity (Wildman–Crippen MR) is 66.6 cm³/mol. The van der Waals surface area contributed by atoms with Gasteiger partial charge in [-0.1, -0.05) is 31.5 Å². The third-order valence-electron chi connectivity index (χ3n) is 2.37. The molecule has 98 valence electrons. The number of para-hydroxylation sites is 1. The first kappa shape index (κ1) is 14.6. The van der Waals surface area contributed by atoms with Crippen LogP contribution in [0.5, 0.6) is 5.75 Å². The van der Waals surface area contributed by atoms with Gasteiger partial charge in [-0.3, -0.25) is 9.59 Å². The van der Waals surface area contributed by atoms with E-state index in [1.54, 1.807) is 18.2 Å². The molecule has 0 aliphatic carbocycles. The summed E-state index contributed by atoms with van der Waals surface area (Å²) >= 11 is 0. The molecule has 0 aliphatic rings. The lowest BCUT2D eigenvalue weighted by atomic mass is 10.1. The molecule has 0 bridgehead atoms. The molecule has 1 rings (SSSR count). The van der Waals surface area contributed by atoms with Gasteiger partial charge in [0.25, 0.3) is 0 Å². The van der Waals surface area contributed by atoms with Gasteiger partial charge in [-0.05, 0) is 24.5 Å². The zero-order chi connectivity index (χ0) is 13.6. The summed E-state index contributed by atoms with van der Waals surface area (Å²) in [6, 6.07) is 6.68. The average molecular weight is 270 g/mol. The first-order valence-electron chi connectivity index (χ1n) is 5.61. The number of hydrogen-bond donors (Lipinski definition) is 1. The van der Waals surface area contributed by atoms with Crippen LogP contribution in [-0.4, -0.2) is 16.7 Å². The molecular weight excluding hydrogens is 255 g/mol. The second kappa shape index (κ2) is 6.47. The Labute approximate surface area is 105 Å². The van der Waals surface area contributed by atoms with Crippen molar-refractivity contribution < 1.29 is 23.6 Å². The molecule has 18 heavy (non-hydrogen) atoms. The predicted octanol–water partition coefficient (Wildman–Crippen LogP) is 2.32. The molecule has 0 spiro atoms. The summed E-state index contributed by atoms with van der Waals surface area (Å²) in [6.45, 7) is 2.02. The highest BCUT2D eigenvalue weighted by Gasteiger charge is 2.32. The second-order valence-corrected chi connectivity index (χ2v) is 5.44. The molecule has 0 saturated carbocycles. The number of benzene rings is 1. The van der Waals surface area contributed by atoms with Crippen LogP contribution in [0.15, 0.2) is 24.3 Å². The Kier molecular flexibility index (Phi) is 5.25. The van der Waals surface area contributed by atoms with Crippen molar-refractivity contribution >= 4 is 19.4 Å². The van der Waals surface area contributed by atoms with Gasteiger partial charge in [0.05, 0.1) is 0 Å². The first-order chi connectivity index (χ1) is 8.51. The fraction of sp³-hybridized carbons (Fsp3) is 0.333. The minimum absolute atomic E-state index is 0.173. The number of unbranched alkanes of at least 4 members (excludes halogenated alkanes) is 1. The van der Waals surface area contributed by atoms with E-state index in [1.165, 1.54) is 6.07 Å². The molecule has 0 aliphatic heterocycles. The maximum absolute atomic E-state index is 11.5. The molecule has 1 atom stereocenters. The lowest BCUT2D eigenvalue weighted by Crippen LogP contribution is -2.07. The highest BCUT2D eigenvalue weighted by Crippen LogP contribution is 2.43. The van der Waals surface area contributed by atoms with Crippen LogP contribution in [0.1, 0.15) is 25.3 Å². The molecule has 0 fully saturated rings. The van der Waals surface area contributed by atoms with Crippen molar-refractivity contribution in [1.82, 2.24) is 0 Å². The summed E-state index contributed by atoms with van der Waals surface area (Å²) in [5, 5.41) is 0. The van der Waals surface area contributed by atoms with Crippen molar-refractivity contribution in [3.63, 3.8) is 0 Å². The topological polar surface area (TPSA) is 80.7 Å². The number of rotatable bonds is 7. The molecular formula is C12H15O5P. The summed E-state index contributed by atoms with van der Waals surface area (Å²) in [5.41, 5.74) is -0.694. The Balaban J connectivity index is 2.93. The Hall–Kier alpha value is -1.45. The maximum Gasteiger partial charge on any atom is 0.451 e. The molecule has 0 aromatic heterocycles. The van der Waals surface area contributed by atoms with Crippen molar-refractivity contribution in [3.05, 3.63) is 29.8 Å². The number of hydrogen-bond acceptors (Lipinski definition) is 4. The summed E-state index contributed by atoms with van der Waals surface area (Å²) in [6.07, 6.45) is 2.35. The zero-order valence-electron chi connectivity index (χ0n) is 10.0. The van der Waals surface area contributed by atoms with Crippen molar-refractivity contribution in [2.75, 3.05) is 0 Å². The SMILES string of the molecule is CCCCc1ccccc1OP(=O)(O)C(=O)C=O. The van der Waals surface area contributed by atoms with Gasteiger partial charge >= 0.3 is 13.1 Å². The molecule has 0 amide bonds. The van der Waals surface area contributed by atoms with Gasteiger partial charge in [-0.2, -0.15) is 0 Å². The van der Waals surface area contributed by atoms with Gasteiger partial charge in [0, 0.05) is 0 Å². The van der Waals surface area contributed by atoms with E-state index in [2.05, 4.69) is 0 Å². The minimum Gasteiger partial charge on any atom is -0.419 e. The van der Waals surface area contributed by atoms with Crippen molar-refractivity contribution in [2.24, 2.45) is 0 Å². The van der Waals surface area contributed by atoms with Crippen LogP contribution in [0.25, 0.3) is 0 Å². The normalized spacial score (nSPS) is 13.7. The standard InChI is InChI=1S/C12H15O5P/c1-2-3-6-10-7-4-5-8-11(10)17-18(15,16)12(14)9-13/h4-5,7-9H,2-3,6H2,1H3,(H,15,16). The number of aryl methyl sites for hydroxylation is 1. The van der Waals surface area contributed by atoms with E-state index in [9.17, 15) is 19.0 Å². The Bertz CT molecular complexity index is 483. The number of carbonyl (C=O) groups is 2. The molecule has 0 heterocycles. The van der Waals surface area contributed by atoms with Gasteiger partial charge in [0.15, 0.2) is 6.29 Å². The van der Waals surface area contributed by atoms with Gasteiger partial charge in [0.1, 0.15) is 5.75 Å². The number of carbonyl (C=O) groups excluding carboxylic acids is 2. The summed E-state index contributed by atoms with van der Waals surface area (Å²) in [4.78, 5) is 30.5. The van der Waals surface area contributed by atoms with Gasteiger partial charge in [0.2, 0.25) is 0 Å². The first-order valence-corrected chi connectivity index (χ1v) is 7.19. The van der Waals surface area contributed by atoms with Gasteiger partial charge < -0.3 is 9.42 Å². The van der Waals surface area contributed by atoms with E-state index in [4.69, 9.17) is 4.52 Å². The molecule has 6 heteroatoms. The van der Waals surface area contributed by atoms with Crippen molar-refractivity contribution in [1.29, 1.82) is 0 Å². The molecule has 1 unspecified atom stereocenters. The Morgan fingerprint density at radius 3 is 2.72 bits per heavy atom. The van der Waals surface area contributed by atoms with E-state index >= 15 is 0 Å².